The van der Waals surface area contributed by atoms with E-state index in [2.05, 4.69) is 10.3 Å². The number of hydrogen-bond donors (Lipinski definition) is 1. The minimum atomic E-state index is -4.53. The highest BCUT2D eigenvalue weighted by atomic mass is 35.5. The Morgan fingerprint density at radius 1 is 1.11 bits per heavy atom. The Morgan fingerprint density at radius 2 is 1.84 bits per heavy atom. The highest BCUT2D eigenvalue weighted by molar-refractivity contribution is 6.29. The summed E-state index contributed by atoms with van der Waals surface area (Å²) >= 11 is 5.63. The van der Waals surface area contributed by atoms with Crippen molar-refractivity contribution in [1.82, 2.24) is 4.98 Å². The smallest absolute Gasteiger partial charge is 0.353 e. The van der Waals surface area contributed by atoms with Gasteiger partial charge in [0.1, 0.15) is 11.0 Å². The number of anilines is 2. The number of alkyl halides is 3. The van der Waals surface area contributed by atoms with Gasteiger partial charge in [-0.1, -0.05) is 11.6 Å². The van der Waals surface area contributed by atoms with Crippen LogP contribution in [0.3, 0.4) is 0 Å². The normalized spacial score (nSPS) is 11.4. The summed E-state index contributed by atoms with van der Waals surface area (Å²) in [5.41, 5.74) is -0.869. The van der Waals surface area contributed by atoms with E-state index < -0.39 is 17.6 Å². The SMILES string of the molecule is Fc1ccc(C(F)(F)F)cc1Nc1ccnc(Cl)c1. The number of pyridine rings is 1. The third kappa shape index (κ3) is 3.35. The maximum Gasteiger partial charge on any atom is 0.416 e. The second-order valence-electron chi connectivity index (χ2n) is 3.68. The van der Waals surface area contributed by atoms with E-state index >= 15 is 0 Å². The first kappa shape index (κ1) is 13.6. The molecule has 0 aliphatic heterocycles. The van der Waals surface area contributed by atoms with Crippen LogP contribution in [0, 0.1) is 5.82 Å². The predicted octanol–water partition coefficient (Wildman–Crippen LogP) is 4.64. The van der Waals surface area contributed by atoms with Crippen LogP contribution in [0.5, 0.6) is 0 Å². The van der Waals surface area contributed by atoms with Crippen molar-refractivity contribution in [2.75, 3.05) is 5.32 Å². The molecule has 19 heavy (non-hydrogen) atoms. The van der Waals surface area contributed by atoms with Gasteiger partial charge in [-0.05, 0) is 30.3 Å². The third-order valence-corrected chi connectivity index (χ3v) is 2.51. The van der Waals surface area contributed by atoms with Gasteiger partial charge in [-0.15, -0.1) is 0 Å². The molecule has 0 unspecified atom stereocenters. The van der Waals surface area contributed by atoms with Crippen molar-refractivity contribution in [3.8, 4) is 0 Å². The van der Waals surface area contributed by atoms with Gasteiger partial charge in [0, 0.05) is 11.9 Å². The largest absolute Gasteiger partial charge is 0.416 e. The van der Waals surface area contributed by atoms with Crippen molar-refractivity contribution in [2.45, 2.75) is 6.18 Å². The van der Waals surface area contributed by atoms with E-state index in [-0.39, 0.29) is 10.8 Å². The van der Waals surface area contributed by atoms with Gasteiger partial charge in [-0.2, -0.15) is 13.2 Å². The Morgan fingerprint density at radius 3 is 2.47 bits per heavy atom. The second kappa shape index (κ2) is 5.05. The summed E-state index contributed by atoms with van der Waals surface area (Å²) in [6, 6.07) is 4.98. The van der Waals surface area contributed by atoms with Crippen molar-refractivity contribution < 1.29 is 17.6 Å². The minimum absolute atomic E-state index is 0.150. The third-order valence-electron chi connectivity index (χ3n) is 2.30. The summed E-state index contributed by atoms with van der Waals surface area (Å²) in [5.74, 6) is -0.791. The summed E-state index contributed by atoms with van der Waals surface area (Å²) in [4.78, 5) is 3.71. The van der Waals surface area contributed by atoms with Crippen molar-refractivity contribution in [3.05, 3.63) is 53.1 Å². The lowest BCUT2D eigenvalue weighted by Crippen LogP contribution is -2.06. The number of benzene rings is 1. The average Bonchev–Trinajstić information content (AvgIpc) is 2.30. The van der Waals surface area contributed by atoms with E-state index in [0.29, 0.717) is 17.8 Å². The second-order valence-corrected chi connectivity index (χ2v) is 4.07. The monoisotopic (exact) mass is 290 g/mol. The van der Waals surface area contributed by atoms with E-state index in [9.17, 15) is 17.6 Å². The molecule has 100 valence electrons. The predicted molar refractivity (Wildman–Crippen MR) is 63.9 cm³/mol. The lowest BCUT2D eigenvalue weighted by atomic mass is 10.2. The van der Waals surface area contributed by atoms with Gasteiger partial charge in [0.25, 0.3) is 0 Å². The maximum absolute atomic E-state index is 13.5. The molecule has 2 rings (SSSR count). The molecular weight excluding hydrogens is 284 g/mol. The van der Waals surface area contributed by atoms with Crippen LogP contribution in [-0.2, 0) is 6.18 Å². The van der Waals surface area contributed by atoms with Crippen LogP contribution in [0.4, 0.5) is 28.9 Å². The van der Waals surface area contributed by atoms with Crippen molar-refractivity contribution in [2.24, 2.45) is 0 Å². The Kier molecular flexibility index (Phi) is 3.61. The lowest BCUT2D eigenvalue weighted by Gasteiger charge is -2.11. The fraction of sp³-hybridized carbons (Fsp3) is 0.0833. The van der Waals surface area contributed by atoms with Gasteiger partial charge in [0.2, 0.25) is 0 Å². The molecule has 7 heteroatoms. The summed E-state index contributed by atoms with van der Waals surface area (Å²) < 4.78 is 51.0. The number of halogens is 5. The summed E-state index contributed by atoms with van der Waals surface area (Å²) in [6.07, 6.45) is -3.17. The standard InChI is InChI=1S/C12H7ClF4N2/c13-11-6-8(3-4-18-11)19-10-5-7(12(15,16)17)1-2-9(10)14/h1-6H,(H,18,19). The zero-order valence-electron chi connectivity index (χ0n) is 9.30. The molecular formula is C12H7ClF4N2. The lowest BCUT2D eigenvalue weighted by molar-refractivity contribution is -0.137. The molecule has 0 amide bonds. The van der Waals surface area contributed by atoms with Crippen LogP contribution in [0.25, 0.3) is 0 Å². The quantitative estimate of drug-likeness (QED) is 0.644. The fourth-order valence-electron chi connectivity index (χ4n) is 1.43. The zero-order valence-corrected chi connectivity index (χ0v) is 10.1. The van der Waals surface area contributed by atoms with E-state index in [1.807, 2.05) is 0 Å². The molecule has 0 radical (unpaired) electrons. The molecule has 0 spiro atoms. The zero-order chi connectivity index (χ0) is 14.0. The Bertz CT molecular complexity index is 599. The Hall–Kier alpha value is -1.82. The highest BCUT2D eigenvalue weighted by Crippen LogP contribution is 2.32. The van der Waals surface area contributed by atoms with Crippen molar-refractivity contribution in [3.63, 3.8) is 0 Å². The van der Waals surface area contributed by atoms with Gasteiger partial charge < -0.3 is 5.32 Å². The van der Waals surface area contributed by atoms with Crippen LogP contribution in [0.1, 0.15) is 5.56 Å². The molecule has 1 aromatic carbocycles. The molecule has 1 aromatic heterocycles. The minimum Gasteiger partial charge on any atom is -0.353 e. The van der Waals surface area contributed by atoms with Gasteiger partial charge in [0.05, 0.1) is 11.3 Å². The first-order chi connectivity index (χ1) is 8.86. The van der Waals surface area contributed by atoms with Crippen LogP contribution in [-0.4, -0.2) is 4.98 Å². The van der Waals surface area contributed by atoms with E-state index in [1.54, 1.807) is 0 Å². The fourth-order valence-corrected chi connectivity index (χ4v) is 1.61. The number of nitrogens with zero attached hydrogens (tertiary/aromatic N) is 1. The summed E-state index contributed by atoms with van der Waals surface area (Å²) in [5, 5.41) is 2.68. The van der Waals surface area contributed by atoms with Crippen LogP contribution in [0.15, 0.2) is 36.5 Å². The van der Waals surface area contributed by atoms with E-state index in [1.165, 1.54) is 18.3 Å². The molecule has 0 saturated heterocycles. The molecule has 2 aromatic rings. The van der Waals surface area contributed by atoms with Crippen LogP contribution < -0.4 is 5.32 Å². The molecule has 0 saturated carbocycles. The molecule has 1 N–H and O–H groups in total. The molecule has 0 fully saturated rings. The maximum atomic E-state index is 13.5. The Balaban J connectivity index is 2.34. The number of hydrogen-bond acceptors (Lipinski definition) is 2. The average molecular weight is 291 g/mol. The molecule has 0 aliphatic rings. The number of nitrogens with one attached hydrogen (secondary N) is 1. The number of aromatic nitrogens is 1. The van der Waals surface area contributed by atoms with Crippen LogP contribution >= 0.6 is 11.6 Å². The van der Waals surface area contributed by atoms with Crippen molar-refractivity contribution >= 4 is 23.0 Å². The summed E-state index contributed by atoms with van der Waals surface area (Å²) in [6.45, 7) is 0. The van der Waals surface area contributed by atoms with E-state index in [0.717, 1.165) is 6.07 Å². The van der Waals surface area contributed by atoms with Crippen molar-refractivity contribution in [1.29, 1.82) is 0 Å². The molecule has 0 atom stereocenters. The topological polar surface area (TPSA) is 24.9 Å². The highest BCUT2D eigenvalue weighted by Gasteiger charge is 2.31. The van der Waals surface area contributed by atoms with Gasteiger partial charge in [-0.3, -0.25) is 0 Å². The molecule has 2 nitrogen and oxygen atoms in total. The molecule has 1 heterocycles. The van der Waals surface area contributed by atoms with Gasteiger partial charge >= 0.3 is 6.18 Å². The first-order valence-electron chi connectivity index (χ1n) is 5.11. The molecule has 0 bridgehead atoms. The number of rotatable bonds is 2. The molecule has 0 aliphatic carbocycles. The van der Waals surface area contributed by atoms with Crippen LogP contribution in [0.2, 0.25) is 5.15 Å². The first-order valence-corrected chi connectivity index (χ1v) is 5.49. The van der Waals surface area contributed by atoms with Gasteiger partial charge in [-0.25, -0.2) is 9.37 Å². The summed E-state index contributed by atoms with van der Waals surface area (Å²) in [7, 11) is 0. The Labute approximate surface area is 111 Å². The van der Waals surface area contributed by atoms with Gasteiger partial charge in [0.15, 0.2) is 0 Å². The van der Waals surface area contributed by atoms with E-state index in [4.69, 9.17) is 11.6 Å².